The van der Waals surface area contributed by atoms with Crippen molar-refractivity contribution in [3.63, 3.8) is 0 Å². The summed E-state index contributed by atoms with van der Waals surface area (Å²) in [5, 5.41) is 0.633. The van der Waals surface area contributed by atoms with Crippen LogP contribution in [-0.4, -0.2) is 15.5 Å². The number of hydrogen-bond acceptors (Lipinski definition) is 4. The van der Waals surface area contributed by atoms with Crippen molar-refractivity contribution in [3.8, 4) is 5.75 Å². The van der Waals surface area contributed by atoms with E-state index in [2.05, 4.69) is 4.98 Å². The minimum Gasteiger partial charge on any atom is -0.425 e. The van der Waals surface area contributed by atoms with Gasteiger partial charge in [0.25, 0.3) is 5.56 Å². The van der Waals surface area contributed by atoms with E-state index in [1.165, 1.54) is 10.8 Å². The normalized spacial score (nSPS) is 10.8. The van der Waals surface area contributed by atoms with Crippen LogP contribution in [0.4, 0.5) is 0 Å². The van der Waals surface area contributed by atoms with Crippen molar-refractivity contribution in [1.29, 1.82) is 0 Å². The number of para-hydroxylation sites is 2. The molecule has 0 aliphatic carbocycles. The smallest absolute Gasteiger partial charge is 0.331 e. The number of fused-ring (bicyclic) bond motifs is 1. The minimum atomic E-state index is -0.530. The molecule has 0 spiro atoms. The number of esters is 1. The number of nitrogens with zero attached hydrogens (tertiary/aromatic N) is 2. The number of carbonyl (C=O) groups excluding carboxylic acids is 1. The molecule has 0 N–H and O–H groups in total. The van der Waals surface area contributed by atoms with E-state index in [0.717, 1.165) is 12.0 Å². The fraction of sp³-hybridized carbons (Fsp3) is 0.167. The Bertz CT molecular complexity index is 966. The van der Waals surface area contributed by atoms with E-state index in [0.29, 0.717) is 21.8 Å². The standard InChI is InChI=1S/C18H15ClN2O3/c1-2-12-9-13(7-8-14(12)19)24-18(23)11-21-16-6-4-3-5-15(16)20-10-17(21)22/h3-10H,2,11H2,1H3. The SMILES string of the molecule is CCc1cc(OC(=O)Cn2c(=O)cnc3ccccc32)ccc1Cl. The number of hydrogen-bond donors (Lipinski definition) is 0. The number of benzene rings is 2. The third-order valence-corrected chi connectivity index (χ3v) is 4.04. The van der Waals surface area contributed by atoms with Crippen LogP contribution in [0.1, 0.15) is 12.5 Å². The Balaban J connectivity index is 1.86. The summed E-state index contributed by atoms with van der Waals surface area (Å²) in [5.74, 6) is -0.120. The summed E-state index contributed by atoms with van der Waals surface area (Å²) in [5.41, 5.74) is 1.78. The monoisotopic (exact) mass is 342 g/mol. The van der Waals surface area contributed by atoms with Gasteiger partial charge in [-0.2, -0.15) is 0 Å². The molecule has 6 heteroatoms. The zero-order chi connectivity index (χ0) is 17.1. The van der Waals surface area contributed by atoms with Crippen LogP contribution in [-0.2, 0) is 17.8 Å². The van der Waals surface area contributed by atoms with Crippen LogP contribution in [0, 0.1) is 0 Å². The van der Waals surface area contributed by atoms with Crippen LogP contribution in [0.2, 0.25) is 5.02 Å². The van der Waals surface area contributed by atoms with E-state index in [9.17, 15) is 9.59 Å². The third-order valence-electron chi connectivity index (χ3n) is 3.67. The van der Waals surface area contributed by atoms with Crippen molar-refractivity contribution in [2.24, 2.45) is 0 Å². The first-order valence-electron chi connectivity index (χ1n) is 7.52. The Kier molecular flexibility index (Phi) is 4.62. The van der Waals surface area contributed by atoms with E-state index in [-0.39, 0.29) is 12.1 Å². The molecule has 24 heavy (non-hydrogen) atoms. The van der Waals surface area contributed by atoms with Gasteiger partial charge in [0, 0.05) is 5.02 Å². The summed E-state index contributed by atoms with van der Waals surface area (Å²) in [6, 6.07) is 12.2. The second-order valence-corrected chi connectivity index (χ2v) is 5.66. The van der Waals surface area contributed by atoms with Gasteiger partial charge in [-0.3, -0.25) is 9.36 Å². The zero-order valence-electron chi connectivity index (χ0n) is 13.0. The van der Waals surface area contributed by atoms with Crippen molar-refractivity contribution < 1.29 is 9.53 Å². The van der Waals surface area contributed by atoms with Gasteiger partial charge in [-0.25, -0.2) is 9.78 Å². The predicted molar refractivity (Wildman–Crippen MR) is 92.5 cm³/mol. The third kappa shape index (κ3) is 3.31. The summed E-state index contributed by atoms with van der Waals surface area (Å²) >= 11 is 6.06. The van der Waals surface area contributed by atoms with E-state index in [1.54, 1.807) is 36.4 Å². The lowest BCUT2D eigenvalue weighted by molar-refractivity contribution is -0.135. The molecular weight excluding hydrogens is 328 g/mol. The zero-order valence-corrected chi connectivity index (χ0v) is 13.8. The molecule has 0 saturated carbocycles. The fourth-order valence-corrected chi connectivity index (χ4v) is 2.71. The van der Waals surface area contributed by atoms with Crippen molar-refractivity contribution in [1.82, 2.24) is 9.55 Å². The molecule has 3 rings (SSSR count). The molecule has 0 atom stereocenters. The molecule has 0 aliphatic heterocycles. The average molecular weight is 343 g/mol. The van der Waals surface area contributed by atoms with Crippen LogP contribution in [0.3, 0.4) is 0 Å². The molecule has 5 nitrogen and oxygen atoms in total. The predicted octanol–water partition coefficient (Wildman–Crippen LogP) is 3.22. The quantitative estimate of drug-likeness (QED) is 0.539. The summed E-state index contributed by atoms with van der Waals surface area (Å²) in [6.45, 7) is 1.78. The van der Waals surface area contributed by atoms with E-state index < -0.39 is 5.97 Å². The Morgan fingerprint density at radius 3 is 2.83 bits per heavy atom. The Morgan fingerprint density at radius 1 is 1.25 bits per heavy atom. The molecular formula is C18H15ClN2O3. The number of halogens is 1. The van der Waals surface area contributed by atoms with Crippen LogP contribution < -0.4 is 10.3 Å². The van der Waals surface area contributed by atoms with Gasteiger partial charge in [-0.1, -0.05) is 30.7 Å². The second kappa shape index (κ2) is 6.84. The highest BCUT2D eigenvalue weighted by atomic mass is 35.5. The topological polar surface area (TPSA) is 61.2 Å². The van der Waals surface area contributed by atoms with E-state index in [1.807, 2.05) is 13.0 Å². The van der Waals surface area contributed by atoms with Crippen molar-refractivity contribution in [2.45, 2.75) is 19.9 Å². The molecule has 2 aromatic carbocycles. The summed E-state index contributed by atoms with van der Waals surface area (Å²) in [6.07, 6.45) is 1.94. The number of aromatic nitrogens is 2. The highest BCUT2D eigenvalue weighted by Crippen LogP contribution is 2.22. The van der Waals surface area contributed by atoms with Crippen molar-refractivity contribution >= 4 is 28.6 Å². The maximum absolute atomic E-state index is 12.2. The second-order valence-electron chi connectivity index (χ2n) is 5.25. The van der Waals surface area contributed by atoms with Gasteiger partial charge < -0.3 is 4.74 Å². The first-order valence-corrected chi connectivity index (χ1v) is 7.90. The molecule has 0 fully saturated rings. The molecule has 0 saturated heterocycles. The van der Waals surface area contributed by atoms with Gasteiger partial charge >= 0.3 is 5.97 Å². The van der Waals surface area contributed by atoms with Crippen LogP contribution >= 0.6 is 11.6 Å². The maximum atomic E-state index is 12.2. The molecule has 122 valence electrons. The lowest BCUT2D eigenvalue weighted by Gasteiger charge is -2.10. The molecule has 0 unspecified atom stereocenters. The first-order chi connectivity index (χ1) is 11.6. The molecule has 3 aromatic rings. The summed E-state index contributed by atoms with van der Waals surface area (Å²) < 4.78 is 6.69. The van der Waals surface area contributed by atoms with Gasteiger partial charge in [0.15, 0.2) is 0 Å². The van der Waals surface area contributed by atoms with E-state index in [4.69, 9.17) is 16.3 Å². The average Bonchev–Trinajstić information content (AvgIpc) is 2.59. The minimum absolute atomic E-state index is 0.189. The van der Waals surface area contributed by atoms with Crippen LogP contribution in [0.25, 0.3) is 11.0 Å². The lowest BCUT2D eigenvalue weighted by atomic mass is 10.1. The Morgan fingerprint density at radius 2 is 2.04 bits per heavy atom. The highest BCUT2D eigenvalue weighted by Gasteiger charge is 2.11. The highest BCUT2D eigenvalue weighted by molar-refractivity contribution is 6.31. The Labute approximate surface area is 143 Å². The molecule has 0 amide bonds. The lowest BCUT2D eigenvalue weighted by Crippen LogP contribution is -2.27. The van der Waals surface area contributed by atoms with Gasteiger partial charge in [-0.05, 0) is 42.3 Å². The number of aryl methyl sites for hydroxylation is 1. The van der Waals surface area contributed by atoms with Gasteiger partial charge in [0.05, 0.1) is 17.2 Å². The Hall–Kier alpha value is -2.66. The van der Waals surface area contributed by atoms with Gasteiger partial charge in [0.2, 0.25) is 0 Å². The molecule has 0 aliphatic rings. The number of ether oxygens (including phenoxy) is 1. The molecule has 1 heterocycles. The molecule has 0 bridgehead atoms. The molecule has 0 radical (unpaired) electrons. The van der Waals surface area contributed by atoms with Crippen LogP contribution in [0.5, 0.6) is 5.75 Å². The van der Waals surface area contributed by atoms with Crippen LogP contribution in [0.15, 0.2) is 53.5 Å². The molecule has 1 aromatic heterocycles. The first kappa shape index (κ1) is 16.2. The van der Waals surface area contributed by atoms with Crippen molar-refractivity contribution in [3.05, 3.63) is 69.6 Å². The largest absolute Gasteiger partial charge is 0.425 e. The summed E-state index contributed by atoms with van der Waals surface area (Å²) in [7, 11) is 0. The van der Waals surface area contributed by atoms with Crippen molar-refractivity contribution in [2.75, 3.05) is 0 Å². The van der Waals surface area contributed by atoms with Gasteiger partial charge in [0.1, 0.15) is 12.3 Å². The fourth-order valence-electron chi connectivity index (χ4n) is 2.46. The number of carbonyl (C=O) groups is 1. The van der Waals surface area contributed by atoms with Gasteiger partial charge in [-0.15, -0.1) is 0 Å². The van der Waals surface area contributed by atoms with E-state index >= 15 is 0 Å². The summed E-state index contributed by atoms with van der Waals surface area (Å²) in [4.78, 5) is 28.3. The maximum Gasteiger partial charge on any atom is 0.331 e. The number of rotatable bonds is 4.